The molecule has 2 nitrogen and oxygen atoms in total. The molecule has 1 heterocycles. The van der Waals surface area contributed by atoms with Crippen molar-refractivity contribution >= 4 is 50.3 Å². The lowest BCUT2D eigenvalue weighted by molar-refractivity contribution is 1.58. The molecule has 0 saturated carbocycles. The summed E-state index contributed by atoms with van der Waals surface area (Å²) in [7, 11) is 0. The van der Waals surface area contributed by atoms with Gasteiger partial charge in [-0.1, -0.05) is 29.8 Å². The molecule has 5 heteroatoms. The van der Waals surface area contributed by atoms with Gasteiger partial charge in [-0.3, -0.25) is 0 Å². The van der Waals surface area contributed by atoms with Crippen molar-refractivity contribution in [2.75, 3.05) is 0 Å². The molecule has 3 aromatic rings. The molecule has 0 unspecified atom stereocenters. The fraction of sp³-hybridized carbons (Fsp3) is 0. The first-order valence-corrected chi connectivity index (χ1v) is 6.82. The summed E-state index contributed by atoms with van der Waals surface area (Å²) in [6.07, 6.45) is 0. The van der Waals surface area contributed by atoms with Gasteiger partial charge < -0.3 is 0 Å². The zero-order valence-electron chi connectivity index (χ0n) is 8.52. The third-order valence-corrected chi connectivity index (χ3v) is 3.94. The summed E-state index contributed by atoms with van der Waals surface area (Å²) in [5, 5.41) is 0.735. The number of hydrogen-bond acceptors (Lipinski definition) is 3. The molecule has 2 aromatic carbocycles. The van der Waals surface area contributed by atoms with Gasteiger partial charge in [0, 0.05) is 15.1 Å². The third kappa shape index (κ3) is 1.97. The molecule has 0 spiro atoms. The van der Waals surface area contributed by atoms with Gasteiger partial charge in [-0.25, -0.2) is 0 Å². The van der Waals surface area contributed by atoms with Crippen molar-refractivity contribution < 1.29 is 0 Å². The Morgan fingerprint density at radius 1 is 0.941 bits per heavy atom. The zero-order valence-corrected chi connectivity index (χ0v) is 11.7. The van der Waals surface area contributed by atoms with E-state index in [0.717, 1.165) is 31.7 Å². The van der Waals surface area contributed by atoms with E-state index in [2.05, 4.69) is 24.7 Å². The Hall–Kier alpha value is -0.970. The van der Waals surface area contributed by atoms with Crippen LogP contribution in [0, 0.1) is 0 Å². The molecule has 0 aliphatic rings. The van der Waals surface area contributed by atoms with E-state index in [1.807, 2.05) is 36.4 Å². The van der Waals surface area contributed by atoms with Crippen LogP contribution in [0.5, 0.6) is 0 Å². The van der Waals surface area contributed by atoms with Crippen LogP contribution in [0.3, 0.4) is 0 Å². The zero-order chi connectivity index (χ0) is 11.8. The highest BCUT2D eigenvalue weighted by atomic mass is 79.9. The molecule has 0 radical (unpaired) electrons. The molecule has 0 saturated heterocycles. The van der Waals surface area contributed by atoms with Crippen LogP contribution in [0.25, 0.3) is 22.2 Å². The highest BCUT2D eigenvalue weighted by Crippen LogP contribution is 2.32. The molecule has 17 heavy (non-hydrogen) atoms. The average Bonchev–Trinajstić information content (AvgIpc) is 2.81. The molecular formula is C12H6BrClN2S. The molecule has 0 aliphatic heterocycles. The van der Waals surface area contributed by atoms with Gasteiger partial charge in [0.25, 0.3) is 0 Å². The summed E-state index contributed by atoms with van der Waals surface area (Å²) in [5.41, 5.74) is 4.00. The first-order chi connectivity index (χ1) is 8.25. The number of aromatic nitrogens is 2. The molecule has 0 fully saturated rings. The lowest BCUT2D eigenvalue weighted by Crippen LogP contribution is -1.81. The number of fused-ring (bicyclic) bond motifs is 1. The van der Waals surface area contributed by atoms with E-state index in [4.69, 9.17) is 11.6 Å². The van der Waals surface area contributed by atoms with Crippen LogP contribution in [0.2, 0.25) is 5.02 Å². The second-order valence-corrected chi connectivity index (χ2v) is 5.38. The highest BCUT2D eigenvalue weighted by Gasteiger charge is 2.10. The van der Waals surface area contributed by atoms with Gasteiger partial charge in [0.2, 0.25) is 0 Å². The maximum Gasteiger partial charge on any atom is 0.119 e. The molecule has 0 aliphatic carbocycles. The fourth-order valence-electron chi connectivity index (χ4n) is 1.70. The van der Waals surface area contributed by atoms with E-state index >= 15 is 0 Å². The monoisotopic (exact) mass is 324 g/mol. The molecule has 0 N–H and O–H groups in total. The molecule has 1 aromatic heterocycles. The number of rotatable bonds is 1. The molecule has 0 bridgehead atoms. The van der Waals surface area contributed by atoms with Crippen molar-refractivity contribution in [3.8, 4) is 11.1 Å². The molecular weight excluding hydrogens is 320 g/mol. The minimum Gasteiger partial charge on any atom is -0.172 e. The van der Waals surface area contributed by atoms with Crippen molar-refractivity contribution in [3.05, 3.63) is 45.9 Å². The first-order valence-electron chi connectivity index (χ1n) is 4.92. The Bertz CT molecular complexity index is 679. The SMILES string of the molecule is Clc1ccc(-c2ccc(Br)c3nsnc23)cc1. The molecule has 3 rings (SSSR count). The Kier molecular flexibility index (Phi) is 2.86. The van der Waals surface area contributed by atoms with Crippen LogP contribution in [-0.2, 0) is 0 Å². The summed E-state index contributed by atoms with van der Waals surface area (Å²) in [5.74, 6) is 0. The lowest BCUT2D eigenvalue weighted by Gasteiger charge is -2.03. The lowest BCUT2D eigenvalue weighted by atomic mass is 10.0. The number of nitrogens with zero attached hydrogens (tertiary/aromatic N) is 2. The number of halogens is 2. The van der Waals surface area contributed by atoms with Crippen LogP contribution in [0.1, 0.15) is 0 Å². The van der Waals surface area contributed by atoms with E-state index in [-0.39, 0.29) is 0 Å². The highest BCUT2D eigenvalue weighted by molar-refractivity contribution is 9.10. The Morgan fingerprint density at radius 2 is 1.65 bits per heavy atom. The maximum atomic E-state index is 5.89. The van der Waals surface area contributed by atoms with Gasteiger partial charge in [0.15, 0.2) is 0 Å². The summed E-state index contributed by atoms with van der Waals surface area (Å²) in [6, 6.07) is 11.8. The first kappa shape index (κ1) is 11.1. The van der Waals surface area contributed by atoms with E-state index in [1.165, 1.54) is 11.7 Å². The quantitative estimate of drug-likeness (QED) is 0.644. The topological polar surface area (TPSA) is 25.8 Å². The van der Waals surface area contributed by atoms with E-state index in [0.29, 0.717) is 0 Å². The van der Waals surface area contributed by atoms with Crippen LogP contribution in [-0.4, -0.2) is 8.75 Å². The van der Waals surface area contributed by atoms with Gasteiger partial charge in [-0.2, -0.15) is 8.75 Å². The number of hydrogen-bond donors (Lipinski definition) is 0. The summed E-state index contributed by atoms with van der Waals surface area (Å²) >= 11 is 10.6. The third-order valence-electron chi connectivity index (χ3n) is 2.52. The normalized spacial score (nSPS) is 10.9. The van der Waals surface area contributed by atoms with Gasteiger partial charge in [-0.15, -0.1) is 0 Å². The van der Waals surface area contributed by atoms with Crippen LogP contribution < -0.4 is 0 Å². The summed E-state index contributed by atoms with van der Waals surface area (Å²) in [6.45, 7) is 0. The number of benzene rings is 2. The Morgan fingerprint density at radius 3 is 2.41 bits per heavy atom. The van der Waals surface area contributed by atoms with Gasteiger partial charge >= 0.3 is 0 Å². The van der Waals surface area contributed by atoms with E-state index < -0.39 is 0 Å². The predicted molar refractivity (Wildman–Crippen MR) is 75.6 cm³/mol. The predicted octanol–water partition coefficient (Wildman–Crippen LogP) is 4.77. The maximum absolute atomic E-state index is 5.89. The second-order valence-electron chi connectivity index (χ2n) is 3.56. The van der Waals surface area contributed by atoms with Crippen LogP contribution in [0.15, 0.2) is 40.9 Å². The van der Waals surface area contributed by atoms with Crippen molar-refractivity contribution in [2.24, 2.45) is 0 Å². The van der Waals surface area contributed by atoms with E-state index in [9.17, 15) is 0 Å². The molecule has 0 amide bonds. The van der Waals surface area contributed by atoms with E-state index in [1.54, 1.807) is 0 Å². The van der Waals surface area contributed by atoms with Crippen LogP contribution >= 0.6 is 39.3 Å². The Balaban J connectivity index is 2.27. The second kappa shape index (κ2) is 4.37. The van der Waals surface area contributed by atoms with Gasteiger partial charge in [0.1, 0.15) is 11.0 Å². The minimum absolute atomic E-state index is 0.735. The van der Waals surface area contributed by atoms with Gasteiger partial charge in [0.05, 0.1) is 11.7 Å². The van der Waals surface area contributed by atoms with Crippen molar-refractivity contribution in [1.29, 1.82) is 0 Å². The average molecular weight is 326 g/mol. The smallest absolute Gasteiger partial charge is 0.119 e. The minimum atomic E-state index is 0.735. The van der Waals surface area contributed by atoms with Crippen LogP contribution in [0.4, 0.5) is 0 Å². The summed E-state index contributed by atoms with van der Waals surface area (Å²) in [4.78, 5) is 0. The Labute approximate surface area is 116 Å². The van der Waals surface area contributed by atoms with Crippen molar-refractivity contribution in [2.45, 2.75) is 0 Å². The standard InChI is InChI=1S/C12H6BrClN2S/c13-10-6-5-9(11-12(10)16-17-15-11)7-1-3-8(14)4-2-7/h1-6H. The fourth-order valence-corrected chi connectivity index (χ4v) is 2.92. The summed E-state index contributed by atoms with van der Waals surface area (Å²) < 4.78 is 9.60. The van der Waals surface area contributed by atoms with Crippen molar-refractivity contribution in [1.82, 2.24) is 8.75 Å². The van der Waals surface area contributed by atoms with Gasteiger partial charge in [-0.05, 0) is 39.7 Å². The largest absolute Gasteiger partial charge is 0.172 e. The molecule has 0 atom stereocenters. The molecule has 84 valence electrons. The van der Waals surface area contributed by atoms with Crippen molar-refractivity contribution in [3.63, 3.8) is 0 Å².